The second kappa shape index (κ2) is 6.48. The van der Waals surface area contributed by atoms with E-state index < -0.39 is 0 Å². The van der Waals surface area contributed by atoms with Crippen LogP contribution in [0.4, 0.5) is 0 Å². The van der Waals surface area contributed by atoms with Gasteiger partial charge in [-0.3, -0.25) is 4.68 Å². The van der Waals surface area contributed by atoms with Crippen LogP contribution < -0.4 is 5.32 Å². The average molecular weight is 326 g/mol. The second-order valence-corrected chi connectivity index (χ2v) is 6.84. The largest absolute Gasteiger partial charge is 0.383 e. The Morgan fingerprint density at radius 1 is 1.52 bits per heavy atom. The molecule has 0 saturated carbocycles. The molecule has 2 aromatic heterocycles. The van der Waals surface area contributed by atoms with Crippen LogP contribution in [-0.2, 0) is 24.1 Å². The van der Waals surface area contributed by atoms with E-state index in [1.54, 1.807) is 13.3 Å². The van der Waals surface area contributed by atoms with E-state index in [1.807, 2.05) is 23.1 Å². The molecule has 1 aliphatic carbocycles. The summed E-state index contributed by atoms with van der Waals surface area (Å²) in [4.78, 5) is 2.85. The zero-order chi connectivity index (χ0) is 14.8. The zero-order valence-electron chi connectivity index (χ0n) is 12.4. The normalized spacial score (nSPS) is 15.4. The van der Waals surface area contributed by atoms with Gasteiger partial charge in [0, 0.05) is 16.9 Å². The van der Waals surface area contributed by atoms with E-state index in [0.717, 1.165) is 5.69 Å². The van der Waals surface area contributed by atoms with Crippen molar-refractivity contribution in [3.05, 3.63) is 38.3 Å². The highest BCUT2D eigenvalue weighted by Gasteiger charge is 2.25. The Labute approximate surface area is 134 Å². The standard InChI is InChI=1S/C15H20ClN3OS/c1-17-14(13-8-10-4-3-5-12(10)21-13)15-11(16)9-18-19(15)6-7-20-2/h8-9,14,17H,3-7H2,1-2H3. The number of fused-ring (bicyclic) bond motifs is 1. The van der Waals surface area contributed by atoms with Gasteiger partial charge in [0.1, 0.15) is 0 Å². The maximum atomic E-state index is 6.38. The van der Waals surface area contributed by atoms with Crippen LogP contribution in [0.25, 0.3) is 0 Å². The number of rotatable bonds is 6. The van der Waals surface area contributed by atoms with Crippen molar-refractivity contribution in [3.8, 4) is 0 Å². The summed E-state index contributed by atoms with van der Waals surface area (Å²) < 4.78 is 7.10. The van der Waals surface area contributed by atoms with E-state index in [1.165, 1.54) is 34.6 Å². The van der Waals surface area contributed by atoms with Crippen molar-refractivity contribution in [2.75, 3.05) is 20.8 Å². The summed E-state index contributed by atoms with van der Waals surface area (Å²) in [6.45, 7) is 1.34. The summed E-state index contributed by atoms with van der Waals surface area (Å²) in [5.74, 6) is 0. The van der Waals surface area contributed by atoms with Gasteiger partial charge in [-0.15, -0.1) is 11.3 Å². The van der Waals surface area contributed by atoms with E-state index >= 15 is 0 Å². The molecular weight excluding hydrogens is 306 g/mol. The first-order chi connectivity index (χ1) is 10.2. The average Bonchev–Trinajstić information content (AvgIpc) is 3.14. The van der Waals surface area contributed by atoms with E-state index in [2.05, 4.69) is 16.5 Å². The van der Waals surface area contributed by atoms with Gasteiger partial charge in [-0.05, 0) is 37.9 Å². The summed E-state index contributed by atoms with van der Waals surface area (Å²) in [5, 5.41) is 8.48. The number of nitrogens with one attached hydrogen (secondary N) is 1. The van der Waals surface area contributed by atoms with Crippen molar-refractivity contribution in [2.45, 2.75) is 31.8 Å². The molecule has 4 nitrogen and oxygen atoms in total. The van der Waals surface area contributed by atoms with Crippen LogP contribution in [0.3, 0.4) is 0 Å². The van der Waals surface area contributed by atoms with Gasteiger partial charge in [-0.25, -0.2) is 0 Å². The topological polar surface area (TPSA) is 39.1 Å². The Balaban J connectivity index is 1.93. The van der Waals surface area contributed by atoms with E-state index in [4.69, 9.17) is 16.3 Å². The van der Waals surface area contributed by atoms with Crippen LogP contribution in [0.5, 0.6) is 0 Å². The summed E-state index contributed by atoms with van der Waals surface area (Å²) in [5.41, 5.74) is 2.53. The second-order valence-electron chi connectivity index (χ2n) is 5.27. The first-order valence-electron chi connectivity index (χ1n) is 7.23. The highest BCUT2D eigenvalue weighted by molar-refractivity contribution is 7.12. The van der Waals surface area contributed by atoms with Crippen LogP contribution >= 0.6 is 22.9 Å². The lowest BCUT2D eigenvalue weighted by Gasteiger charge is -2.17. The molecule has 1 N–H and O–H groups in total. The number of aryl methyl sites for hydroxylation is 2. The van der Waals surface area contributed by atoms with Crippen LogP contribution in [-0.4, -0.2) is 30.5 Å². The molecule has 0 aliphatic heterocycles. The van der Waals surface area contributed by atoms with Crippen LogP contribution in [0.2, 0.25) is 5.02 Å². The molecule has 114 valence electrons. The molecular formula is C15H20ClN3OS. The Morgan fingerprint density at radius 3 is 3.10 bits per heavy atom. The SMILES string of the molecule is CNC(c1cc2c(s1)CCC2)c1c(Cl)cnn1CCOC. The van der Waals surface area contributed by atoms with Crippen molar-refractivity contribution in [1.29, 1.82) is 0 Å². The van der Waals surface area contributed by atoms with Gasteiger partial charge in [0.2, 0.25) is 0 Å². The smallest absolute Gasteiger partial charge is 0.0854 e. The molecule has 1 aliphatic rings. The van der Waals surface area contributed by atoms with Gasteiger partial charge in [0.25, 0.3) is 0 Å². The number of methoxy groups -OCH3 is 1. The lowest BCUT2D eigenvalue weighted by molar-refractivity contribution is 0.182. The molecule has 2 aromatic rings. The van der Waals surface area contributed by atoms with Crippen molar-refractivity contribution in [1.82, 2.24) is 15.1 Å². The van der Waals surface area contributed by atoms with Crippen molar-refractivity contribution in [3.63, 3.8) is 0 Å². The summed E-state index contributed by atoms with van der Waals surface area (Å²) in [6.07, 6.45) is 5.43. The molecule has 1 atom stereocenters. The predicted octanol–water partition coefficient (Wildman–Crippen LogP) is 3.04. The van der Waals surface area contributed by atoms with Gasteiger partial charge >= 0.3 is 0 Å². The fourth-order valence-electron chi connectivity index (χ4n) is 2.92. The van der Waals surface area contributed by atoms with E-state index in [9.17, 15) is 0 Å². The minimum absolute atomic E-state index is 0.0902. The van der Waals surface area contributed by atoms with Crippen molar-refractivity contribution in [2.24, 2.45) is 0 Å². The molecule has 21 heavy (non-hydrogen) atoms. The molecule has 6 heteroatoms. The maximum absolute atomic E-state index is 6.38. The number of hydrogen-bond acceptors (Lipinski definition) is 4. The van der Waals surface area contributed by atoms with Crippen LogP contribution in [0, 0.1) is 0 Å². The molecule has 0 aromatic carbocycles. The molecule has 0 radical (unpaired) electrons. The minimum atomic E-state index is 0.0902. The number of nitrogens with zero attached hydrogens (tertiary/aromatic N) is 2. The monoisotopic (exact) mass is 325 g/mol. The molecule has 3 rings (SSSR count). The minimum Gasteiger partial charge on any atom is -0.383 e. The van der Waals surface area contributed by atoms with Gasteiger partial charge in [-0.2, -0.15) is 5.10 Å². The third-order valence-corrected chi connectivity index (χ3v) is 5.55. The summed E-state index contributed by atoms with van der Waals surface area (Å²) >= 11 is 8.28. The maximum Gasteiger partial charge on any atom is 0.0854 e. The number of hydrogen-bond donors (Lipinski definition) is 1. The molecule has 0 saturated heterocycles. The summed E-state index contributed by atoms with van der Waals surface area (Å²) in [6, 6.07) is 2.42. The number of thiophene rings is 1. The van der Waals surface area contributed by atoms with E-state index in [-0.39, 0.29) is 6.04 Å². The van der Waals surface area contributed by atoms with Gasteiger partial charge in [0.15, 0.2) is 0 Å². The van der Waals surface area contributed by atoms with Gasteiger partial charge in [0.05, 0.1) is 36.1 Å². The molecule has 0 bridgehead atoms. The predicted molar refractivity (Wildman–Crippen MR) is 86.4 cm³/mol. The Hall–Kier alpha value is -0.880. The molecule has 1 unspecified atom stereocenters. The first-order valence-corrected chi connectivity index (χ1v) is 8.43. The highest BCUT2D eigenvalue weighted by atomic mass is 35.5. The quantitative estimate of drug-likeness (QED) is 0.887. The van der Waals surface area contributed by atoms with Gasteiger partial charge in [-0.1, -0.05) is 11.6 Å². The van der Waals surface area contributed by atoms with Crippen LogP contribution in [0.1, 0.15) is 33.5 Å². The molecule has 0 spiro atoms. The van der Waals surface area contributed by atoms with Crippen molar-refractivity contribution < 1.29 is 4.74 Å². The lowest BCUT2D eigenvalue weighted by atomic mass is 10.1. The van der Waals surface area contributed by atoms with E-state index in [0.29, 0.717) is 18.2 Å². The Bertz CT molecular complexity index is 601. The third kappa shape index (κ3) is 2.88. The Morgan fingerprint density at radius 2 is 2.38 bits per heavy atom. The zero-order valence-corrected chi connectivity index (χ0v) is 13.9. The first kappa shape index (κ1) is 15.0. The number of ether oxygens (including phenoxy) is 1. The summed E-state index contributed by atoms with van der Waals surface area (Å²) in [7, 11) is 3.67. The number of aromatic nitrogens is 2. The molecule has 2 heterocycles. The van der Waals surface area contributed by atoms with Crippen molar-refractivity contribution >= 4 is 22.9 Å². The lowest BCUT2D eigenvalue weighted by Crippen LogP contribution is -2.22. The number of halogens is 1. The van der Waals surface area contributed by atoms with Crippen LogP contribution in [0.15, 0.2) is 12.3 Å². The highest BCUT2D eigenvalue weighted by Crippen LogP contribution is 2.37. The van der Waals surface area contributed by atoms with Gasteiger partial charge < -0.3 is 10.1 Å². The fourth-order valence-corrected chi connectivity index (χ4v) is 4.54. The fraction of sp³-hybridized carbons (Fsp3) is 0.533. The third-order valence-electron chi connectivity index (χ3n) is 3.95. The molecule has 0 amide bonds. The Kier molecular flexibility index (Phi) is 4.64. The molecule has 0 fully saturated rings.